The molecule has 4 aromatic rings. The fourth-order valence-electron chi connectivity index (χ4n) is 2.84. The van der Waals surface area contributed by atoms with E-state index < -0.39 is 0 Å². The van der Waals surface area contributed by atoms with E-state index in [4.69, 9.17) is 9.97 Å². The molecule has 0 spiro atoms. The monoisotopic (exact) mass is 418 g/mol. The Morgan fingerprint density at radius 3 is 2.11 bits per heavy atom. The van der Waals surface area contributed by atoms with Crippen molar-refractivity contribution in [3.63, 3.8) is 0 Å². The number of hydrogen-bond donors (Lipinski definition) is 2. The highest BCUT2D eigenvalue weighted by Crippen LogP contribution is 2.27. The maximum atomic E-state index is 4.79. The molecule has 27 heavy (non-hydrogen) atoms. The Kier molecular flexibility index (Phi) is 5.03. The van der Waals surface area contributed by atoms with Crippen LogP contribution < -0.4 is 10.6 Å². The molecule has 0 amide bonds. The van der Waals surface area contributed by atoms with Gasteiger partial charge in [-0.15, -0.1) is 0 Å². The van der Waals surface area contributed by atoms with Crippen molar-refractivity contribution in [3.05, 3.63) is 88.4 Å². The topological polar surface area (TPSA) is 49.8 Å². The number of benzene rings is 3. The van der Waals surface area contributed by atoms with E-state index >= 15 is 0 Å². The lowest BCUT2D eigenvalue weighted by Gasteiger charge is -2.15. The molecule has 0 aliphatic rings. The summed E-state index contributed by atoms with van der Waals surface area (Å²) in [4.78, 5) is 9.58. The van der Waals surface area contributed by atoms with E-state index in [0.29, 0.717) is 6.54 Å². The van der Waals surface area contributed by atoms with Crippen molar-refractivity contribution < 1.29 is 0 Å². The molecule has 0 aliphatic heterocycles. The Morgan fingerprint density at radius 1 is 0.778 bits per heavy atom. The fraction of sp³-hybridized carbons (Fsp3) is 0.0909. The molecule has 1 aromatic heterocycles. The number of para-hydroxylation sites is 3. The van der Waals surface area contributed by atoms with Crippen LogP contribution >= 0.6 is 15.9 Å². The summed E-state index contributed by atoms with van der Waals surface area (Å²) in [6.07, 6.45) is 0. The normalized spacial score (nSPS) is 10.7. The third kappa shape index (κ3) is 4.09. The van der Waals surface area contributed by atoms with E-state index in [0.717, 1.165) is 38.4 Å². The van der Waals surface area contributed by atoms with Crippen molar-refractivity contribution in [1.29, 1.82) is 0 Å². The zero-order valence-corrected chi connectivity index (χ0v) is 16.5. The summed E-state index contributed by atoms with van der Waals surface area (Å²) in [7, 11) is 0. The highest BCUT2D eigenvalue weighted by molar-refractivity contribution is 9.10. The molecule has 0 radical (unpaired) electrons. The minimum absolute atomic E-state index is 0.669. The summed E-state index contributed by atoms with van der Waals surface area (Å²) in [6.45, 7) is 2.74. The van der Waals surface area contributed by atoms with Gasteiger partial charge in [0, 0.05) is 16.7 Å². The van der Waals surface area contributed by atoms with Crippen LogP contribution in [0.2, 0.25) is 0 Å². The largest absolute Gasteiger partial charge is 0.363 e. The van der Waals surface area contributed by atoms with Gasteiger partial charge in [0.1, 0.15) is 0 Å². The molecule has 0 fully saturated rings. The first kappa shape index (κ1) is 17.5. The summed E-state index contributed by atoms with van der Waals surface area (Å²) in [5.74, 6) is 1.46. The Labute approximate surface area is 166 Å². The quantitative estimate of drug-likeness (QED) is 0.413. The number of nitrogens with zero attached hydrogens (tertiary/aromatic N) is 2. The van der Waals surface area contributed by atoms with E-state index in [-0.39, 0.29) is 0 Å². The SMILES string of the molecule is Cc1ccccc1Nc1nc2ccccc2nc1NCc1ccc(Br)cc1. The molecule has 0 bridgehead atoms. The lowest BCUT2D eigenvalue weighted by atomic mass is 10.2. The van der Waals surface area contributed by atoms with Gasteiger partial charge in [-0.2, -0.15) is 0 Å². The van der Waals surface area contributed by atoms with Crippen LogP contribution in [0.4, 0.5) is 17.3 Å². The van der Waals surface area contributed by atoms with Crippen LogP contribution in [-0.4, -0.2) is 9.97 Å². The lowest BCUT2D eigenvalue weighted by molar-refractivity contribution is 1.11. The zero-order valence-electron chi connectivity index (χ0n) is 14.9. The Morgan fingerprint density at radius 2 is 1.41 bits per heavy atom. The van der Waals surface area contributed by atoms with Gasteiger partial charge in [-0.1, -0.05) is 58.4 Å². The van der Waals surface area contributed by atoms with Gasteiger partial charge in [-0.05, 0) is 48.4 Å². The number of anilines is 3. The minimum atomic E-state index is 0.669. The average Bonchev–Trinajstić information content (AvgIpc) is 2.69. The Balaban J connectivity index is 1.68. The molecule has 134 valence electrons. The van der Waals surface area contributed by atoms with Crippen LogP contribution in [0.5, 0.6) is 0 Å². The van der Waals surface area contributed by atoms with Gasteiger partial charge in [0.2, 0.25) is 0 Å². The van der Waals surface area contributed by atoms with Crippen molar-refractivity contribution in [2.24, 2.45) is 0 Å². The van der Waals surface area contributed by atoms with Crippen LogP contribution in [0, 0.1) is 6.92 Å². The summed E-state index contributed by atoms with van der Waals surface area (Å²) in [5, 5.41) is 6.86. The maximum Gasteiger partial charge on any atom is 0.174 e. The van der Waals surface area contributed by atoms with Crippen molar-refractivity contribution >= 4 is 44.3 Å². The summed E-state index contributed by atoms with van der Waals surface area (Å²) in [6, 6.07) is 24.3. The van der Waals surface area contributed by atoms with Crippen molar-refractivity contribution in [1.82, 2.24) is 9.97 Å². The van der Waals surface area contributed by atoms with Crippen molar-refractivity contribution in [2.75, 3.05) is 10.6 Å². The first-order valence-electron chi connectivity index (χ1n) is 8.77. The van der Waals surface area contributed by atoms with E-state index in [2.05, 4.69) is 51.7 Å². The summed E-state index contributed by atoms with van der Waals surface area (Å²) in [5.41, 5.74) is 5.09. The van der Waals surface area contributed by atoms with Gasteiger partial charge in [-0.25, -0.2) is 9.97 Å². The Hall–Kier alpha value is -2.92. The van der Waals surface area contributed by atoms with Gasteiger partial charge in [0.25, 0.3) is 0 Å². The second-order valence-electron chi connectivity index (χ2n) is 6.33. The van der Waals surface area contributed by atoms with E-state index in [1.807, 2.05) is 54.6 Å². The molecule has 0 aliphatic carbocycles. The number of rotatable bonds is 5. The van der Waals surface area contributed by atoms with Crippen LogP contribution in [-0.2, 0) is 6.54 Å². The number of nitrogens with one attached hydrogen (secondary N) is 2. The van der Waals surface area contributed by atoms with Gasteiger partial charge >= 0.3 is 0 Å². The number of aromatic nitrogens is 2. The molecular weight excluding hydrogens is 400 g/mol. The lowest BCUT2D eigenvalue weighted by Crippen LogP contribution is -2.07. The third-order valence-electron chi connectivity index (χ3n) is 4.34. The average molecular weight is 419 g/mol. The van der Waals surface area contributed by atoms with E-state index in [1.165, 1.54) is 5.56 Å². The first-order chi connectivity index (χ1) is 13.2. The molecule has 3 aromatic carbocycles. The van der Waals surface area contributed by atoms with Crippen molar-refractivity contribution in [2.45, 2.75) is 13.5 Å². The van der Waals surface area contributed by atoms with E-state index in [1.54, 1.807) is 0 Å². The molecule has 5 heteroatoms. The van der Waals surface area contributed by atoms with Crippen LogP contribution in [0.1, 0.15) is 11.1 Å². The van der Waals surface area contributed by atoms with Crippen LogP contribution in [0.3, 0.4) is 0 Å². The molecule has 1 heterocycles. The summed E-state index contributed by atoms with van der Waals surface area (Å²) >= 11 is 3.47. The minimum Gasteiger partial charge on any atom is -0.363 e. The third-order valence-corrected chi connectivity index (χ3v) is 4.87. The predicted octanol–water partition coefficient (Wildman–Crippen LogP) is 6.06. The smallest absolute Gasteiger partial charge is 0.174 e. The number of halogens is 1. The Bertz CT molecular complexity index is 1080. The van der Waals surface area contributed by atoms with E-state index in [9.17, 15) is 0 Å². The molecule has 4 rings (SSSR count). The standard InChI is InChI=1S/C22H19BrN4/c1-15-6-2-3-7-18(15)25-22-21(24-14-16-10-12-17(23)13-11-16)26-19-8-4-5-9-20(19)27-22/h2-13H,14H2,1H3,(H,24,26)(H,25,27). The number of aryl methyl sites for hydroxylation is 1. The molecular formula is C22H19BrN4. The van der Waals surface area contributed by atoms with Crippen LogP contribution in [0.15, 0.2) is 77.3 Å². The molecule has 4 nitrogen and oxygen atoms in total. The van der Waals surface area contributed by atoms with Crippen LogP contribution in [0.25, 0.3) is 11.0 Å². The first-order valence-corrected chi connectivity index (χ1v) is 9.56. The predicted molar refractivity (Wildman–Crippen MR) is 115 cm³/mol. The maximum absolute atomic E-state index is 4.79. The van der Waals surface area contributed by atoms with Crippen molar-refractivity contribution in [3.8, 4) is 0 Å². The second-order valence-corrected chi connectivity index (χ2v) is 7.25. The summed E-state index contributed by atoms with van der Waals surface area (Å²) < 4.78 is 1.07. The molecule has 0 saturated carbocycles. The number of hydrogen-bond acceptors (Lipinski definition) is 4. The molecule has 0 unspecified atom stereocenters. The number of fused-ring (bicyclic) bond motifs is 1. The fourth-order valence-corrected chi connectivity index (χ4v) is 3.10. The van der Waals surface area contributed by atoms with Gasteiger partial charge < -0.3 is 10.6 Å². The van der Waals surface area contributed by atoms with Gasteiger partial charge in [0.15, 0.2) is 11.6 Å². The molecule has 0 saturated heterocycles. The molecule has 0 atom stereocenters. The highest BCUT2D eigenvalue weighted by atomic mass is 79.9. The zero-order chi connectivity index (χ0) is 18.6. The van der Waals surface area contributed by atoms with Gasteiger partial charge in [0.05, 0.1) is 11.0 Å². The second kappa shape index (κ2) is 7.76. The van der Waals surface area contributed by atoms with Gasteiger partial charge in [-0.3, -0.25) is 0 Å². The highest BCUT2D eigenvalue weighted by Gasteiger charge is 2.10. The molecule has 2 N–H and O–H groups in total.